The van der Waals surface area contributed by atoms with Gasteiger partial charge in [0.05, 0.1) is 0 Å². The maximum atomic E-state index is 11.7. The first-order chi connectivity index (χ1) is 21.7. The van der Waals surface area contributed by atoms with Crippen LogP contribution in [0.15, 0.2) is 133 Å². The number of hydrogen-bond acceptors (Lipinski definition) is 4. The summed E-state index contributed by atoms with van der Waals surface area (Å²) >= 11 is 0. The monoisotopic (exact) mass is 595 g/mol. The Morgan fingerprint density at radius 1 is 0.644 bits per heavy atom. The number of hydrogen-bond donors (Lipinski definition) is 0. The molecule has 4 heteroatoms. The van der Waals surface area contributed by atoms with E-state index in [2.05, 4.69) is 135 Å². The molecule has 0 heterocycles. The molecule has 0 N–H and O–H groups in total. The Morgan fingerprint density at radius 3 is 1.53 bits per heavy atom. The van der Waals surface area contributed by atoms with Gasteiger partial charge in [-0.1, -0.05) is 90.5 Å². The fourth-order valence-electron chi connectivity index (χ4n) is 5.07. The number of carbonyl (C=O) groups is 1. The highest BCUT2D eigenvalue weighted by atomic mass is 16.6. The predicted octanol–water partition coefficient (Wildman–Crippen LogP) is 10.1. The van der Waals surface area contributed by atoms with Crippen molar-refractivity contribution < 1.29 is 14.3 Å². The van der Waals surface area contributed by atoms with Crippen molar-refractivity contribution in [3.8, 4) is 16.9 Å². The van der Waals surface area contributed by atoms with Crippen LogP contribution < -0.4 is 9.64 Å². The van der Waals surface area contributed by atoms with Crippen molar-refractivity contribution in [1.82, 2.24) is 0 Å². The van der Waals surface area contributed by atoms with Crippen LogP contribution in [0.2, 0.25) is 0 Å². The Kier molecular flexibility index (Phi) is 10.2. The number of anilines is 3. The Hall–Kier alpha value is -5.09. The van der Waals surface area contributed by atoms with E-state index in [-0.39, 0.29) is 6.10 Å². The molecule has 228 valence electrons. The van der Waals surface area contributed by atoms with Crippen molar-refractivity contribution in [1.29, 1.82) is 0 Å². The molecule has 0 saturated heterocycles. The molecular weight excluding hydrogens is 554 g/mol. The van der Waals surface area contributed by atoms with Gasteiger partial charge < -0.3 is 14.4 Å². The van der Waals surface area contributed by atoms with E-state index in [1.807, 2.05) is 19.1 Å². The summed E-state index contributed by atoms with van der Waals surface area (Å²) in [5.41, 5.74) is 11.2. The summed E-state index contributed by atoms with van der Waals surface area (Å²) in [5, 5.41) is 0. The summed E-state index contributed by atoms with van der Waals surface area (Å²) in [6.07, 6.45) is 1.51. The molecule has 1 atom stereocenters. The Labute approximate surface area is 267 Å². The summed E-state index contributed by atoms with van der Waals surface area (Å²) in [6, 6.07) is 43.1. The number of ether oxygens (including phenoxy) is 2. The van der Waals surface area contributed by atoms with E-state index in [0.29, 0.717) is 12.2 Å². The number of nitrogens with zero attached hydrogens (tertiary/aromatic N) is 1. The predicted molar refractivity (Wildman–Crippen MR) is 186 cm³/mol. The second-order valence-corrected chi connectivity index (χ2v) is 11.7. The molecule has 0 aromatic heterocycles. The molecule has 5 rings (SSSR count). The summed E-state index contributed by atoms with van der Waals surface area (Å²) in [7, 11) is 0. The third-order valence-corrected chi connectivity index (χ3v) is 7.76. The van der Waals surface area contributed by atoms with Gasteiger partial charge in [0.25, 0.3) is 0 Å². The maximum Gasteiger partial charge on any atom is 0.333 e. The highest BCUT2D eigenvalue weighted by Gasteiger charge is 2.14. The summed E-state index contributed by atoms with van der Waals surface area (Å²) in [4.78, 5) is 14.0. The van der Waals surface area contributed by atoms with Gasteiger partial charge in [0.15, 0.2) is 0 Å². The van der Waals surface area contributed by atoms with Gasteiger partial charge in [-0.2, -0.15) is 0 Å². The van der Waals surface area contributed by atoms with Gasteiger partial charge in [0.2, 0.25) is 0 Å². The third kappa shape index (κ3) is 8.51. The second-order valence-electron chi connectivity index (χ2n) is 11.7. The summed E-state index contributed by atoms with van der Waals surface area (Å²) in [6.45, 7) is 11.6. The standard InChI is InChI=1S/C41H41NO3/c1-29(2)41(43)45-32(5)28-44-40-26-14-34(15-27-40)11-10-33-12-22-38(23-13-33)42(37-20-8-31(4)9-21-37)39-24-18-36(19-25-39)35-16-6-30(3)7-17-35/h6-9,12-27,32H,1,10-11,28H2,2-5H3. The number of esters is 1. The SMILES string of the molecule is C=C(C)C(=O)OC(C)COc1ccc(CCc2ccc(N(c3ccc(C)cc3)c3ccc(-c4ccc(C)cc4)cc3)cc2)cc1. The smallest absolute Gasteiger partial charge is 0.333 e. The van der Waals surface area contributed by atoms with Crippen LogP contribution in [0.5, 0.6) is 5.75 Å². The topological polar surface area (TPSA) is 38.8 Å². The normalized spacial score (nSPS) is 11.5. The van der Waals surface area contributed by atoms with Gasteiger partial charge in [0, 0.05) is 22.6 Å². The molecule has 4 nitrogen and oxygen atoms in total. The summed E-state index contributed by atoms with van der Waals surface area (Å²) < 4.78 is 11.1. The van der Waals surface area contributed by atoms with Crippen LogP contribution in [-0.4, -0.2) is 18.7 Å². The van der Waals surface area contributed by atoms with E-state index in [9.17, 15) is 4.79 Å². The minimum atomic E-state index is -0.398. The van der Waals surface area contributed by atoms with E-state index in [0.717, 1.165) is 35.7 Å². The van der Waals surface area contributed by atoms with Crippen molar-refractivity contribution in [2.45, 2.75) is 46.6 Å². The van der Waals surface area contributed by atoms with E-state index in [1.54, 1.807) is 6.92 Å². The molecule has 0 aliphatic heterocycles. The molecule has 5 aromatic rings. The van der Waals surface area contributed by atoms with Crippen LogP contribution in [0.3, 0.4) is 0 Å². The molecule has 0 fully saturated rings. The molecular formula is C41H41NO3. The van der Waals surface area contributed by atoms with E-state index < -0.39 is 5.97 Å². The van der Waals surface area contributed by atoms with Crippen molar-refractivity contribution in [2.24, 2.45) is 0 Å². The lowest BCUT2D eigenvalue weighted by Crippen LogP contribution is -2.22. The van der Waals surface area contributed by atoms with Gasteiger partial charge in [-0.05, 0) is 111 Å². The quantitative estimate of drug-likeness (QED) is 0.106. The zero-order valence-electron chi connectivity index (χ0n) is 26.6. The van der Waals surface area contributed by atoms with Gasteiger partial charge in [-0.25, -0.2) is 4.79 Å². The Bertz CT molecular complexity index is 1700. The second kappa shape index (κ2) is 14.6. The highest BCUT2D eigenvalue weighted by molar-refractivity contribution is 5.87. The van der Waals surface area contributed by atoms with Crippen molar-refractivity contribution >= 4 is 23.0 Å². The zero-order chi connectivity index (χ0) is 31.8. The molecule has 0 aliphatic carbocycles. The largest absolute Gasteiger partial charge is 0.490 e. The van der Waals surface area contributed by atoms with Gasteiger partial charge in [-0.15, -0.1) is 0 Å². The fraction of sp³-hybridized carbons (Fsp3) is 0.195. The summed E-state index contributed by atoms with van der Waals surface area (Å²) in [5.74, 6) is 0.356. The van der Waals surface area contributed by atoms with Crippen LogP contribution in [0.1, 0.15) is 36.1 Å². The molecule has 0 amide bonds. The van der Waals surface area contributed by atoms with Crippen LogP contribution in [0.25, 0.3) is 11.1 Å². The molecule has 1 unspecified atom stereocenters. The van der Waals surface area contributed by atoms with Crippen LogP contribution >= 0.6 is 0 Å². The average molecular weight is 596 g/mol. The molecule has 45 heavy (non-hydrogen) atoms. The lowest BCUT2D eigenvalue weighted by Gasteiger charge is -2.26. The van der Waals surface area contributed by atoms with Crippen molar-refractivity contribution in [2.75, 3.05) is 11.5 Å². The first kappa shape index (κ1) is 31.3. The molecule has 0 bridgehead atoms. The first-order valence-electron chi connectivity index (χ1n) is 15.5. The van der Waals surface area contributed by atoms with Gasteiger partial charge >= 0.3 is 5.97 Å². The number of carbonyl (C=O) groups excluding carboxylic acids is 1. The Morgan fingerprint density at radius 2 is 1.04 bits per heavy atom. The molecule has 0 saturated carbocycles. The third-order valence-electron chi connectivity index (χ3n) is 7.76. The maximum absolute atomic E-state index is 11.7. The molecule has 0 radical (unpaired) electrons. The fourth-order valence-corrected chi connectivity index (χ4v) is 5.07. The van der Waals surface area contributed by atoms with Gasteiger partial charge in [-0.3, -0.25) is 0 Å². The number of benzene rings is 5. The van der Waals surface area contributed by atoms with E-state index in [1.165, 1.54) is 33.4 Å². The average Bonchev–Trinajstić information content (AvgIpc) is 3.05. The minimum absolute atomic E-state index is 0.293. The van der Waals surface area contributed by atoms with Gasteiger partial charge in [0.1, 0.15) is 18.5 Å². The molecule has 0 spiro atoms. The minimum Gasteiger partial charge on any atom is -0.490 e. The number of rotatable bonds is 12. The van der Waals surface area contributed by atoms with Crippen LogP contribution in [0, 0.1) is 13.8 Å². The van der Waals surface area contributed by atoms with Crippen molar-refractivity contribution in [3.05, 3.63) is 156 Å². The first-order valence-corrected chi connectivity index (χ1v) is 15.5. The molecule has 5 aromatic carbocycles. The van der Waals surface area contributed by atoms with E-state index >= 15 is 0 Å². The van der Waals surface area contributed by atoms with E-state index in [4.69, 9.17) is 9.47 Å². The van der Waals surface area contributed by atoms with Crippen molar-refractivity contribution in [3.63, 3.8) is 0 Å². The van der Waals surface area contributed by atoms with Crippen LogP contribution in [-0.2, 0) is 22.4 Å². The lowest BCUT2D eigenvalue weighted by molar-refractivity contribution is -0.144. The van der Waals surface area contributed by atoms with Crippen LogP contribution in [0.4, 0.5) is 17.1 Å². The Balaban J connectivity index is 1.24. The zero-order valence-corrected chi connectivity index (χ0v) is 26.6. The number of aryl methyl sites for hydroxylation is 4. The highest BCUT2D eigenvalue weighted by Crippen LogP contribution is 2.36. The lowest BCUT2D eigenvalue weighted by atomic mass is 10.0. The molecule has 0 aliphatic rings.